The number of ether oxygens (including phenoxy) is 1. The van der Waals surface area contributed by atoms with Gasteiger partial charge in [-0.2, -0.15) is 0 Å². The van der Waals surface area contributed by atoms with Gasteiger partial charge in [-0.05, 0) is 12.1 Å². The molecule has 0 aliphatic carbocycles. The van der Waals surface area contributed by atoms with E-state index in [1.807, 2.05) is 24.3 Å². The molecule has 2 rings (SSSR count). The summed E-state index contributed by atoms with van der Waals surface area (Å²) in [7, 11) is 1.60. The highest BCUT2D eigenvalue weighted by Crippen LogP contribution is 2.27. The predicted octanol–water partition coefficient (Wildman–Crippen LogP) is 2.83. The Morgan fingerprint density at radius 1 is 1.27 bits per heavy atom. The maximum Gasteiger partial charge on any atom is 0.246 e. The Labute approximate surface area is 86.8 Å². The number of nitrogens with zero attached hydrogens (tertiary/aromatic N) is 3. The number of rotatable bonds is 3. The van der Waals surface area contributed by atoms with Crippen molar-refractivity contribution in [3.05, 3.63) is 36.7 Å². The highest BCUT2D eigenvalue weighted by atomic mass is 16.5. The van der Waals surface area contributed by atoms with E-state index in [1.54, 1.807) is 19.5 Å². The number of hydrogen-bond donors (Lipinski definition) is 1. The van der Waals surface area contributed by atoms with Crippen LogP contribution in [0.4, 0.5) is 11.6 Å². The Hall–Kier alpha value is -2.17. The van der Waals surface area contributed by atoms with Gasteiger partial charge in [-0.1, -0.05) is 12.1 Å². The zero-order valence-electron chi connectivity index (χ0n) is 8.21. The lowest BCUT2D eigenvalue weighted by Gasteiger charge is -2.00. The van der Waals surface area contributed by atoms with Crippen LogP contribution in [0.2, 0.25) is 0 Å². The molecule has 0 fully saturated rings. The number of aromatic amines is 1. The first-order chi connectivity index (χ1) is 7.40. The van der Waals surface area contributed by atoms with Gasteiger partial charge >= 0.3 is 0 Å². The zero-order chi connectivity index (χ0) is 10.5. The fourth-order valence-corrected chi connectivity index (χ4v) is 1.13. The van der Waals surface area contributed by atoms with Crippen LogP contribution in [0.15, 0.2) is 46.9 Å². The van der Waals surface area contributed by atoms with Crippen molar-refractivity contribution in [1.82, 2.24) is 9.97 Å². The molecule has 1 heterocycles. The molecule has 0 saturated heterocycles. The smallest absolute Gasteiger partial charge is 0.246 e. The van der Waals surface area contributed by atoms with Crippen molar-refractivity contribution in [3.63, 3.8) is 0 Å². The molecule has 0 aliphatic rings. The van der Waals surface area contributed by atoms with Crippen molar-refractivity contribution in [2.24, 2.45) is 10.2 Å². The van der Waals surface area contributed by atoms with Gasteiger partial charge < -0.3 is 9.72 Å². The van der Waals surface area contributed by atoms with Crippen LogP contribution in [-0.2, 0) is 0 Å². The molecule has 15 heavy (non-hydrogen) atoms. The van der Waals surface area contributed by atoms with Crippen LogP contribution in [-0.4, -0.2) is 17.1 Å². The van der Waals surface area contributed by atoms with E-state index in [1.165, 1.54) is 0 Å². The molecular weight excluding hydrogens is 192 g/mol. The van der Waals surface area contributed by atoms with E-state index in [0.717, 1.165) is 0 Å². The van der Waals surface area contributed by atoms with Crippen molar-refractivity contribution < 1.29 is 4.74 Å². The Morgan fingerprint density at radius 3 is 2.87 bits per heavy atom. The van der Waals surface area contributed by atoms with Crippen molar-refractivity contribution >= 4 is 11.6 Å². The minimum Gasteiger partial charge on any atom is -0.494 e. The number of H-pyrrole nitrogens is 1. The molecule has 0 spiro atoms. The third-order valence-corrected chi connectivity index (χ3v) is 1.82. The van der Waals surface area contributed by atoms with E-state index in [9.17, 15) is 0 Å². The summed E-state index contributed by atoms with van der Waals surface area (Å²) in [5, 5.41) is 7.95. The second kappa shape index (κ2) is 4.36. The maximum absolute atomic E-state index is 5.13. The Bertz CT molecular complexity index is 450. The number of hydrogen-bond acceptors (Lipinski definition) is 4. The molecule has 0 saturated carbocycles. The van der Waals surface area contributed by atoms with Crippen LogP contribution in [0.1, 0.15) is 0 Å². The third kappa shape index (κ3) is 2.19. The molecule has 0 atom stereocenters. The molecule has 1 aromatic heterocycles. The normalized spacial score (nSPS) is 10.7. The molecule has 0 bridgehead atoms. The van der Waals surface area contributed by atoms with Gasteiger partial charge in [0.05, 0.1) is 7.11 Å². The van der Waals surface area contributed by atoms with Gasteiger partial charge in [0.15, 0.2) is 0 Å². The van der Waals surface area contributed by atoms with Crippen molar-refractivity contribution in [2.45, 2.75) is 0 Å². The minimum atomic E-state index is 0.473. The first kappa shape index (κ1) is 9.39. The topological polar surface area (TPSA) is 62.6 Å². The van der Waals surface area contributed by atoms with Gasteiger partial charge in [-0.15, -0.1) is 10.2 Å². The molecule has 1 aromatic carbocycles. The first-order valence-corrected chi connectivity index (χ1v) is 4.44. The van der Waals surface area contributed by atoms with E-state index >= 15 is 0 Å². The zero-order valence-corrected chi connectivity index (χ0v) is 8.21. The van der Waals surface area contributed by atoms with E-state index < -0.39 is 0 Å². The minimum absolute atomic E-state index is 0.473. The summed E-state index contributed by atoms with van der Waals surface area (Å²) < 4.78 is 5.13. The molecule has 0 unspecified atom stereocenters. The summed E-state index contributed by atoms with van der Waals surface area (Å²) in [6, 6.07) is 7.41. The number of azo groups is 1. The fourth-order valence-electron chi connectivity index (χ4n) is 1.13. The SMILES string of the molecule is COc1ccccc1/N=N/c1ncc[nH]1. The van der Waals surface area contributed by atoms with Gasteiger partial charge in [-0.3, -0.25) is 0 Å². The number of methoxy groups -OCH3 is 1. The van der Waals surface area contributed by atoms with E-state index in [4.69, 9.17) is 4.74 Å². The average molecular weight is 202 g/mol. The van der Waals surface area contributed by atoms with Gasteiger partial charge in [0.1, 0.15) is 11.4 Å². The summed E-state index contributed by atoms with van der Waals surface area (Å²) in [4.78, 5) is 6.76. The number of para-hydroxylation sites is 1. The van der Waals surface area contributed by atoms with Crippen LogP contribution in [0.3, 0.4) is 0 Å². The fraction of sp³-hybridized carbons (Fsp3) is 0.100. The van der Waals surface area contributed by atoms with Crippen molar-refractivity contribution in [3.8, 4) is 5.75 Å². The van der Waals surface area contributed by atoms with Gasteiger partial charge in [0.2, 0.25) is 5.95 Å². The van der Waals surface area contributed by atoms with Crippen LogP contribution >= 0.6 is 0 Å². The third-order valence-electron chi connectivity index (χ3n) is 1.82. The Balaban J connectivity index is 2.24. The predicted molar refractivity (Wildman–Crippen MR) is 55.8 cm³/mol. The lowest BCUT2D eigenvalue weighted by atomic mass is 10.3. The van der Waals surface area contributed by atoms with Crippen LogP contribution in [0.5, 0.6) is 5.75 Å². The van der Waals surface area contributed by atoms with Crippen LogP contribution < -0.4 is 4.74 Å². The van der Waals surface area contributed by atoms with Crippen LogP contribution in [0, 0.1) is 0 Å². The largest absolute Gasteiger partial charge is 0.494 e. The lowest BCUT2D eigenvalue weighted by Crippen LogP contribution is -1.81. The molecular formula is C10H10N4O. The van der Waals surface area contributed by atoms with Gasteiger partial charge in [-0.25, -0.2) is 4.98 Å². The molecule has 5 heteroatoms. The Morgan fingerprint density at radius 2 is 2.13 bits per heavy atom. The average Bonchev–Trinajstić information content (AvgIpc) is 2.79. The summed E-state index contributed by atoms with van der Waals surface area (Å²) in [5.41, 5.74) is 0.677. The van der Waals surface area contributed by atoms with Crippen LogP contribution in [0.25, 0.3) is 0 Å². The summed E-state index contributed by atoms with van der Waals surface area (Å²) >= 11 is 0. The van der Waals surface area contributed by atoms with Gasteiger partial charge in [0, 0.05) is 12.4 Å². The highest BCUT2D eigenvalue weighted by Gasteiger charge is 1.99. The summed E-state index contributed by atoms with van der Waals surface area (Å²) in [5.74, 6) is 1.16. The van der Waals surface area contributed by atoms with E-state index in [2.05, 4.69) is 20.2 Å². The molecule has 5 nitrogen and oxygen atoms in total. The lowest BCUT2D eigenvalue weighted by molar-refractivity contribution is 0.416. The molecule has 2 aromatic rings. The quantitative estimate of drug-likeness (QED) is 0.778. The molecule has 0 radical (unpaired) electrons. The standard InChI is InChI=1S/C10H10N4O/c1-15-9-5-3-2-4-8(9)13-14-10-11-6-7-12-10/h2-7H,1H3,(H,11,12)/b14-13+. The summed E-state index contributed by atoms with van der Waals surface area (Å²) in [6.07, 6.45) is 3.31. The molecule has 0 aliphatic heterocycles. The molecule has 0 amide bonds. The molecule has 76 valence electrons. The molecule has 1 N–H and O–H groups in total. The van der Waals surface area contributed by atoms with E-state index in [-0.39, 0.29) is 0 Å². The number of imidazole rings is 1. The second-order valence-corrected chi connectivity index (χ2v) is 2.78. The number of benzene rings is 1. The van der Waals surface area contributed by atoms with Crippen molar-refractivity contribution in [1.29, 1.82) is 0 Å². The first-order valence-electron chi connectivity index (χ1n) is 4.44. The monoisotopic (exact) mass is 202 g/mol. The summed E-state index contributed by atoms with van der Waals surface area (Å²) in [6.45, 7) is 0. The van der Waals surface area contributed by atoms with Crippen molar-refractivity contribution in [2.75, 3.05) is 7.11 Å². The number of nitrogens with one attached hydrogen (secondary N) is 1. The second-order valence-electron chi connectivity index (χ2n) is 2.78. The Kier molecular flexibility index (Phi) is 2.73. The van der Waals surface area contributed by atoms with Gasteiger partial charge in [0.25, 0.3) is 0 Å². The maximum atomic E-state index is 5.13. The highest BCUT2D eigenvalue weighted by molar-refractivity contribution is 5.50. The number of aromatic nitrogens is 2. The van der Waals surface area contributed by atoms with E-state index in [0.29, 0.717) is 17.4 Å².